The summed E-state index contributed by atoms with van der Waals surface area (Å²) in [6.07, 6.45) is 7.24. The van der Waals surface area contributed by atoms with Gasteiger partial charge in [0.15, 0.2) is 0 Å². The van der Waals surface area contributed by atoms with E-state index in [1.54, 1.807) is 6.08 Å². The summed E-state index contributed by atoms with van der Waals surface area (Å²) in [5.74, 6) is 0. The van der Waals surface area contributed by atoms with Gasteiger partial charge in [0.05, 0.1) is 0 Å². The second-order valence-electron chi connectivity index (χ2n) is 6.15. The maximum Gasteiger partial charge on any atom is 0.233 e. The number of rotatable bonds is 5. The van der Waals surface area contributed by atoms with Crippen LogP contribution >= 0.6 is 0 Å². The summed E-state index contributed by atoms with van der Waals surface area (Å²) in [4.78, 5) is 5.73. The second kappa shape index (κ2) is 6.47. The van der Waals surface area contributed by atoms with Crippen molar-refractivity contribution in [2.75, 3.05) is 20.6 Å². The predicted octanol–water partition coefficient (Wildman–Crippen LogP) is 2.32. The van der Waals surface area contributed by atoms with Crippen LogP contribution in [0.25, 0.3) is 17.0 Å². The quantitative estimate of drug-likeness (QED) is 0.882. The molecule has 1 saturated heterocycles. The molecule has 2 aromatic rings. The summed E-state index contributed by atoms with van der Waals surface area (Å²) in [6.45, 7) is 1.17. The number of aromatic nitrogens is 1. The third-order valence-corrected chi connectivity index (χ3v) is 5.71. The van der Waals surface area contributed by atoms with Gasteiger partial charge < -0.3 is 9.88 Å². The number of H-pyrrole nitrogens is 1. The number of sulfonamides is 1. The van der Waals surface area contributed by atoms with Crippen molar-refractivity contribution >= 4 is 27.0 Å². The average Bonchev–Trinajstić information content (AvgIpc) is 3.13. The fourth-order valence-electron chi connectivity index (χ4n) is 3.20. The van der Waals surface area contributed by atoms with Crippen LogP contribution in [-0.2, 0) is 16.4 Å². The molecule has 1 atom stereocenters. The summed E-state index contributed by atoms with van der Waals surface area (Å²) in [5.41, 5.74) is 3.27. The van der Waals surface area contributed by atoms with Crippen LogP contribution in [-0.4, -0.2) is 45.0 Å². The molecule has 124 valence electrons. The Hall–Kier alpha value is -1.63. The smallest absolute Gasteiger partial charge is 0.233 e. The first-order chi connectivity index (χ1) is 11.0. The lowest BCUT2D eigenvalue weighted by atomic mass is 10.0. The zero-order chi connectivity index (χ0) is 16.4. The highest BCUT2D eigenvalue weighted by Crippen LogP contribution is 2.25. The molecule has 0 radical (unpaired) electrons. The lowest BCUT2D eigenvalue weighted by Gasteiger charge is -2.18. The van der Waals surface area contributed by atoms with Crippen LogP contribution in [0.3, 0.4) is 0 Å². The summed E-state index contributed by atoms with van der Waals surface area (Å²) >= 11 is 0. The van der Waals surface area contributed by atoms with Crippen molar-refractivity contribution < 1.29 is 8.42 Å². The van der Waals surface area contributed by atoms with E-state index in [9.17, 15) is 8.42 Å². The Kier molecular flexibility index (Phi) is 4.57. The van der Waals surface area contributed by atoms with E-state index in [0.29, 0.717) is 6.04 Å². The Labute approximate surface area is 137 Å². The van der Waals surface area contributed by atoms with Crippen molar-refractivity contribution in [2.45, 2.75) is 25.3 Å². The van der Waals surface area contributed by atoms with E-state index in [-0.39, 0.29) is 0 Å². The maximum atomic E-state index is 11.5. The number of benzene rings is 1. The van der Waals surface area contributed by atoms with Gasteiger partial charge in [-0.05, 0) is 69.2 Å². The number of likely N-dealkylation sites (tertiary alicyclic amines) is 1. The highest BCUT2D eigenvalue weighted by atomic mass is 32.2. The molecule has 1 aromatic heterocycles. The van der Waals surface area contributed by atoms with Gasteiger partial charge in [-0.1, -0.05) is 6.07 Å². The van der Waals surface area contributed by atoms with Gasteiger partial charge in [0.2, 0.25) is 10.0 Å². The van der Waals surface area contributed by atoms with E-state index in [1.165, 1.54) is 42.8 Å². The summed E-state index contributed by atoms with van der Waals surface area (Å²) < 4.78 is 25.3. The molecule has 0 saturated carbocycles. The minimum absolute atomic E-state index is 0.595. The van der Waals surface area contributed by atoms with Crippen LogP contribution in [0.15, 0.2) is 29.8 Å². The number of nitrogens with one attached hydrogen (secondary N) is 2. The molecule has 0 unspecified atom stereocenters. The molecule has 1 aliphatic rings. The van der Waals surface area contributed by atoms with Crippen LogP contribution in [0.1, 0.15) is 24.0 Å². The Morgan fingerprint density at radius 1 is 1.43 bits per heavy atom. The van der Waals surface area contributed by atoms with Gasteiger partial charge in [-0.15, -0.1) is 0 Å². The van der Waals surface area contributed by atoms with Crippen molar-refractivity contribution in [3.8, 4) is 0 Å². The standard InChI is InChI=1S/C17H23N3O2S/c1-18-23(21,22)9-7-13-5-6-17-16(10-13)14(12-19-17)11-15-4-3-8-20(15)2/h5-7,9-10,12,15,18-19H,3-4,8,11H2,1-2H3/t15-/m1/s1. The highest BCUT2D eigenvalue weighted by Gasteiger charge is 2.22. The van der Waals surface area contributed by atoms with Crippen LogP contribution in [0.4, 0.5) is 0 Å². The SMILES string of the molecule is CNS(=O)(=O)C=Cc1ccc2[nH]cc(C[C@H]3CCCN3C)c2c1. The number of likely N-dealkylation sites (N-methyl/N-ethyl adjacent to an activating group) is 1. The van der Waals surface area contributed by atoms with Gasteiger partial charge in [0, 0.05) is 28.5 Å². The van der Waals surface area contributed by atoms with Crippen molar-refractivity contribution in [3.63, 3.8) is 0 Å². The molecule has 23 heavy (non-hydrogen) atoms. The number of hydrogen-bond donors (Lipinski definition) is 2. The number of fused-ring (bicyclic) bond motifs is 1. The largest absolute Gasteiger partial charge is 0.361 e. The van der Waals surface area contributed by atoms with Gasteiger partial charge in [-0.3, -0.25) is 0 Å². The molecule has 0 spiro atoms. The molecule has 1 aromatic carbocycles. The molecular formula is C17H23N3O2S. The summed E-state index contributed by atoms with van der Waals surface area (Å²) in [6, 6.07) is 6.57. The van der Waals surface area contributed by atoms with E-state index in [1.807, 2.05) is 12.1 Å². The molecule has 2 heterocycles. The van der Waals surface area contributed by atoms with E-state index >= 15 is 0 Å². The first-order valence-corrected chi connectivity index (χ1v) is 9.45. The van der Waals surface area contributed by atoms with E-state index < -0.39 is 10.0 Å². The molecule has 6 heteroatoms. The predicted molar refractivity (Wildman–Crippen MR) is 94.7 cm³/mol. The van der Waals surface area contributed by atoms with Crippen molar-refractivity contribution in [2.24, 2.45) is 0 Å². The molecule has 0 amide bonds. The van der Waals surface area contributed by atoms with Crippen molar-refractivity contribution in [1.29, 1.82) is 0 Å². The molecule has 0 bridgehead atoms. The second-order valence-corrected chi connectivity index (χ2v) is 7.92. The third kappa shape index (κ3) is 3.65. The number of aromatic amines is 1. The molecular weight excluding hydrogens is 310 g/mol. The van der Waals surface area contributed by atoms with Crippen LogP contribution in [0.2, 0.25) is 0 Å². The number of nitrogens with zero attached hydrogens (tertiary/aromatic N) is 1. The van der Waals surface area contributed by atoms with Gasteiger partial charge >= 0.3 is 0 Å². The Morgan fingerprint density at radius 3 is 2.96 bits per heavy atom. The minimum Gasteiger partial charge on any atom is -0.361 e. The van der Waals surface area contributed by atoms with Crippen molar-refractivity contribution in [1.82, 2.24) is 14.6 Å². The number of hydrogen-bond acceptors (Lipinski definition) is 3. The van der Waals surface area contributed by atoms with Gasteiger partial charge in [-0.2, -0.15) is 0 Å². The van der Waals surface area contributed by atoms with E-state index in [2.05, 4.69) is 33.9 Å². The molecule has 2 N–H and O–H groups in total. The highest BCUT2D eigenvalue weighted by molar-refractivity contribution is 7.92. The Bertz CT molecular complexity index is 823. The van der Waals surface area contributed by atoms with Crippen molar-refractivity contribution in [3.05, 3.63) is 40.9 Å². The van der Waals surface area contributed by atoms with Crippen LogP contribution < -0.4 is 4.72 Å². The summed E-state index contributed by atoms with van der Waals surface area (Å²) in [5, 5.41) is 2.37. The lowest BCUT2D eigenvalue weighted by Crippen LogP contribution is -2.26. The maximum absolute atomic E-state index is 11.5. The normalized spacial score (nSPS) is 20.0. The zero-order valence-electron chi connectivity index (χ0n) is 13.5. The van der Waals surface area contributed by atoms with Gasteiger partial charge in [-0.25, -0.2) is 13.1 Å². The van der Waals surface area contributed by atoms with Crippen LogP contribution in [0.5, 0.6) is 0 Å². The monoisotopic (exact) mass is 333 g/mol. The first kappa shape index (κ1) is 16.2. The topological polar surface area (TPSA) is 65.2 Å². The molecule has 3 rings (SSSR count). The van der Waals surface area contributed by atoms with Crippen LogP contribution in [0, 0.1) is 0 Å². The summed E-state index contributed by atoms with van der Waals surface area (Å²) in [7, 11) is 0.253. The molecule has 0 aliphatic carbocycles. The first-order valence-electron chi connectivity index (χ1n) is 7.90. The molecule has 1 aliphatic heterocycles. The Balaban J connectivity index is 1.88. The zero-order valence-corrected chi connectivity index (χ0v) is 14.4. The average molecular weight is 333 g/mol. The van der Waals surface area contributed by atoms with E-state index in [4.69, 9.17) is 0 Å². The van der Waals surface area contributed by atoms with Gasteiger partial charge in [0.25, 0.3) is 0 Å². The fraction of sp³-hybridized carbons (Fsp3) is 0.412. The molecule has 5 nitrogen and oxygen atoms in total. The third-order valence-electron chi connectivity index (χ3n) is 4.64. The van der Waals surface area contributed by atoms with Gasteiger partial charge in [0.1, 0.15) is 0 Å². The van der Waals surface area contributed by atoms with E-state index in [0.717, 1.165) is 17.5 Å². The fourth-order valence-corrected chi connectivity index (χ4v) is 3.67. The Morgan fingerprint density at radius 2 is 2.26 bits per heavy atom. The lowest BCUT2D eigenvalue weighted by molar-refractivity contribution is 0.310. The molecule has 1 fully saturated rings. The minimum atomic E-state index is -3.34.